The van der Waals surface area contributed by atoms with Crippen molar-refractivity contribution in [1.29, 1.82) is 0 Å². The fourth-order valence-corrected chi connectivity index (χ4v) is 1.25. The molecule has 0 amide bonds. The molecule has 0 aliphatic heterocycles. The number of aliphatic hydroxyl groups is 1. The lowest BCUT2D eigenvalue weighted by molar-refractivity contribution is 0.170. The Morgan fingerprint density at radius 3 is 2.53 bits per heavy atom. The largest absolute Gasteiger partial charge is 0.490 e. The highest BCUT2D eigenvalue weighted by atomic mass is 16.5. The highest BCUT2D eigenvalue weighted by molar-refractivity contribution is 5.63. The third-order valence-corrected chi connectivity index (χ3v) is 2.41. The summed E-state index contributed by atoms with van der Waals surface area (Å²) < 4.78 is 5.25. The Hall–Kier alpha value is -1.56. The Balaban J connectivity index is 2.84. The first-order valence-corrected chi connectivity index (χ1v) is 5.45. The average molecular weight is 240 g/mol. The average Bonchev–Trinajstić information content (AvgIpc) is 2.35. The van der Waals surface area contributed by atoms with Gasteiger partial charge in [-0.25, -0.2) is 9.97 Å². The second kappa shape index (κ2) is 5.67. The zero-order valence-corrected chi connectivity index (χ0v) is 10.7. The molecule has 96 valence electrons. The van der Waals surface area contributed by atoms with Gasteiger partial charge in [-0.15, -0.1) is 0 Å². The minimum atomic E-state index is -0.213. The summed E-state index contributed by atoms with van der Waals surface area (Å²) in [6.07, 6.45) is 1.46. The van der Waals surface area contributed by atoms with Crippen molar-refractivity contribution in [2.45, 2.75) is 13.8 Å². The van der Waals surface area contributed by atoms with Crippen molar-refractivity contribution in [1.82, 2.24) is 9.97 Å². The van der Waals surface area contributed by atoms with Gasteiger partial charge in [0.05, 0.1) is 7.11 Å². The minimum absolute atomic E-state index is 0.103. The van der Waals surface area contributed by atoms with Gasteiger partial charge in [0.25, 0.3) is 0 Å². The van der Waals surface area contributed by atoms with Gasteiger partial charge in [-0.05, 0) is 0 Å². The number of anilines is 2. The zero-order valence-electron chi connectivity index (χ0n) is 10.7. The van der Waals surface area contributed by atoms with Crippen LogP contribution in [-0.2, 0) is 0 Å². The summed E-state index contributed by atoms with van der Waals surface area (Å²) in [5.74, 6) is 1.82. The van der Waals surface area contributed by atoms with Gasteiger partial charge >= 0.3 is 0 Å². The van der Waals surface area contributed by atoms with Gasteiger partial charge < -0.3 is 20.5 Å². The summed E-state index contributed by atoms with van der Waals surface area (Å²) >= 11 is 0. The van der Waals surface area contributed by atoms with E-state index in [1.807, 2.05) is 13.8 Å². The van der Waals surface area contributed by atoms with Crippen LogP contribution in [0.4, 0.5) is 11.6 Å². The van der Waals surface area contributed by atoms with Gasteiger partial charge in [0.2, 0.25) is 5.75 Å². The first kappa shape index (κ1) is 13.5. The molecule has 1 aromatic rings. The standard InChI is InChI=1S/C11H20N4O2/c1-11(2,6-16)5-13-10-8(17-4)9(12-3)14-7-15-10/h7,16H,5-6H2,1-4H3,(H2,12,13,14,15). The molecular weight excluding hydrogens is 220 g/mol. The molecule has 0 unspecified atom stereocenters. The summed E-state index contributed by atoms with van der Waals surface area (Å²) in [6.45, 7) is 4.63. The van der Waals surface area contributed by atoms with E-state index in [0.717, 1.165) is 0 Å². The molecule has 1 heterocycles. The summed E-state index contributed by atoms with van der Waals surface area (Å²) in [6, 6.07) is 0. The third kappa shape index (κ3) is 3.45. The van der Waals surface area contributed by atoms with Crippen LogP contribution in [0.15, 0.2) is 6.33 Å². The van der Waals surface area contributed by atoms with Crippen LogP contribution >= 0.6 is 0 Å². The fourth-order valence-electron chi connectivity index (χ4n) is 1.25. The number of hydrogen-bond acceptors (Lipinski definition) is 6. The van der Waals surface area contributed by atoms with Gasteiger partial charge in [-0.2, -0.15) is 0 Å². The highest BCUT2D eigenvalue weighted by Gasteiger charge is 2.18. The highest BCUT2D eigenvalue weighted by Crippen LogP contribution is 2.29. The number of methoxy groups -OCH3 is 1. The maximum absolute atomic E-state index is 9.18. The number of hydrogen-bond donors (Lipinski definition) is 3. The molecule has 1 aromatic heterocycles. The molecule has 0 aliphatic carbocycles. The quantitative estimate of drug-likeness (QED) is 0.687. The first-order chi connectivity index (χ1) is 8.04. The van der Waals surface area contributed by atoms with Crippen molar-refractivity contribution in [2.24, 2.45) is 5.41 Å². The predicted octanol–water partition coefficient (Wildman–Crippen LogP) is 0.957. The Bertz CT molecular complexity index is 368. The molecule has 0 spiro atoms. The van der Waals surface area contributed by atoms with E-state index in [4.69, 9.17) is 4.74 Å². The van der Waals surface area contributed by atoms with Gasteiger partial charge in [0.1, 0.15) is 6.33 Å². The lowest BCUT2D eigenvalue weighted by Gasteiger charge is -2.23. The lowest BCUT2D eigenvalue weighted by Crippen LogP contribution is -2.27. The minimum Gasteiger partial charge on any atom is -0.490 e. The van der Waals surface area contributed by atoms with Crippen LogP contribution in [0, 0.1) is 5.41 Å². The summed E-state index contributed by atoms with van der Waals surface area (Å²) in [5.41, 5.74) is -0.213. The van der Waals surface area contributed by atoms with Crippen LogP contribution in [0.5, 0.6) is 5.75 Å². The van der Waals surface area contributed by atoms with Crippen molar-refractivity contribution < 1.29 is 9.84 Å². The van der Waals surface area contributed by atoms with E-state index in [1.54, 1.807) is 14.2 Å². The number of rotatable bonds is 6. The Kier molecular flexibility index (Phi) is 4.51. The molecule has 0 atom stereocenters. The third-order valence-electron chi connectivity index (χ3n) is 2.41. The van der Waals surface area contributed by atoms with Crippen LogP contribution in [0.2, 0.25) is 0 Å². The van der Waals surface area contributed by atoms with Gasteiger partial charge in [-0.1, -0.05) is 13.8 Å². The van der Waals surface area contributed by atoms with Crippen molar-refractivity contribution >= 4 is 11.6 Å². The second-order valence-electron chi connectivity index (χ2n) is 4.53. The van der Waals surface area contributed by atoms with E-state index in [9.17, 15) is 5.11 Å². The molecule has 6 nitrogen and oxygen atoms in total. The van der Waals surface area contributed by atoms with Crippen LogP contribution in [0.3, 0.4) is 0 Å². The second-order valence-corrected chi connectivity index (χ2v) is 4.53. The summed E-state index contributed by atoms with van der Waals surface area (Å²) in [5, 5.41) is 15.3. The molecule has 0 radical (unpaired) electrons. The van der Waals surface area contributed by atoms with Crippen molar-refractivity contribution in [3.63, 3.8) is 0 Å². The molecule has 0 aromatic carbocycles. The number of nitrogens with one attached hydrogen (secondary N) is 2. The monoisotopic (exact) mass is 240 g/mol. The van der Waals surface area contributed by atoms with E-state index in [0.29, 0.717) is 23.9 Å². The normalized spacial score (nSPS) is 11.1. The Morgan fingerprint density at radius 2 is 2.00 bits per heavy atom. The van der Waals surface area contributed by atoms with E-state index in [2.05, 4.69) is 20.6 Å². The van der Waals surface area contributed by atoms with Crippen molar-refractivity contribution in [3.8, 4) is 5.75 Å². The molecule has 0 saturated carbocycles. The lowest BCUT2D eigenvalue weighted by atomic mass is 9.95. The molecular formula is C11H20N4O2. The van der Waals surface area contributed by atoms with Crippen LogP contribution < -0.4 is 15.4 Å². The zero-order chi connectivity index (χ0) is 12.9. The number of aromatic nitrogens is 2. The maximum atomic E-state index is 9.18. The van der Waals surface area contributed by atoms with Crippen LogP contribution in [0.25, 0.3) is 0 Å². The van der Waals surface area contributed by atoms with Crippen LogP contribution in [-0.4, -0.2) is 42.4 Å². The molecule has 1 rings (SSSR count). The van der Waals surface area contributed by atoms with E-state index >= 15 is 0 Å². The van der Waals surface area contributed by atoms with E-state index in [-0.39, 0.29) is 12.0 Å². The number of nitrogens with zero attached hydrogens (tertiary/aromatic N) is 2. The number of aliphatic hydroxyl groups excluding tert-OH is 1. The SMILES string of the molecule is CNc1ncnc(NCC(C)(C)CO)c1OC. The molecule has 0 bridgehead atoms. The number of ether oxygens (including phenoxy) is 1. The van der Waals surface area contributed by atoms with Gasteiger partial charge in [-0.3, -0.25) is 0 Å². The molecule has 0 saturated heterocycles. The molecule has 3 N–H and O–H groups in total. The maximum Gasteiger partial charge on any atom is 0.204 e. The first-order valence-electron chi connectivity index (χ1n) is 5.45. The summed E-state index contributed by atoms with van der Waals surface area (Å²) in [4.78, 5) is 8.18. The van der Waals surface area contributed by atoms with Crippen LogP contribution in [0.1, 0.15) is 13.8 Å². The summed E-state index contributed by atoms with van der Waals surface area (Å²) in [7, 11) is 3.34. The van der Waals surface area contributed by atoms with E-state index in [1.165, 1.54) is 6.33 Å². The molecule has 17 heavy (non-hydrogen) atoms. The van der Waals surface area contributed by atoms with Gasteiger partial charge in [0, 0.05) is 25.6 Å². The molecule has 0 aliphatic rings. The topological polar surface area (TPSA) is 79.3 Å². The van der Waals surface area contributed by atoms with E-state index < -0.39 is 0 Å². The van der Waals surface area contributed by atoms with Crippen molar-refractivity contribution in [2.75, 3.05) is 37.9 Å². The van der Waals surface area contributed by atoms with Crippen molar-refractivity contribution in [3.05, 3.63) is 6.33 Å². The Labute approximate surface area is 101 Å². The molecule has 6 heteroatoms. The predicted molar refractivity (Wildman–Crippen MR) is 67.5 cm³/mol. The fraction of sp³-hybridized carbons (Fsp3) is 0.636. The molecule has 0 fully saturated rings. The Morgan fingerprint density at radius 1 is 1.35 bits per heavy atom. The smallest absolute Gasteiger partial charge is 0.204 e. The van der Waals surface area contributed by atoms with Gasteiger partial charge in [0.15, 0.2) is 11.6 Å².